The molecule has 0 atom stereocenters. The molecule has 0 radical (unpaired) electrons. The van der Waals surface area contributed by atoms with E-state index < -0.39 is 0 Å². The van der Waals surface area contributed by atoms with E-state index in [0.717, 1.165) is 26.8 Å². The highest BCUT2D eigenvalue weighted by Gasteiger charge is 2.13. The molecule has 0 spiro atoms. The monoisotopic (exact) mass is 417 g/mol. The van der Waals surface area contributed by atoms with Gasteiger partial charge in [-0.25, -0.2) is 9.97 Å². The summed E-state index contributed by atoms with van der Waals surface area (Å²) < 4.78 is 0. The zero-order chi connectivity index (χ0) is 17.9. The molecule has 0 aliphatic carbocycles. The van der Waals surface area contributed by atoms with Gasteiger partial charge in [-0.1, -0.05) is 35.9 Å². The maximum atomic E-state index is 12.3. The molecule has 0 bridgehead atoms. The van der Waals surface area contributed by atoms with Crippen LogP contribution in [0.5, 0.6) is 0 Å². The largest absolute Gasteiger partial charge is 0.302 e. The number of nitrogens with one attached hydrogen (secondary N) is 1. The summed E-state index contributed by atoms with van der Waals surface area (Å²) >= 11 is 10.8. The predicted octanol–water partition coefficient (Wildman–Crippen LogP) is 5.83. The van der Waals surface area contributed by atoms with Crippen LogP contribution in [0.3, 0.4) is 0 Å². The number of thiophene rings is 1. The number of carbonyl (C=O) groups excluding carboxylic acids is 1. The molecule has 1 aromatic carbocycles. The highest BCUT2D eigenvalue weighted by molar-refractivity contribution is 7.20. The quantitative estimate of drug-likeness (QED) is 0.444. The zero-order valence-electron chi connectivity index (χ0n) is 13.3. The smallest absolute Gasteiger partial charge is 0.232 e. The fraction of sp³-hybridized carbons (Fsp3) is 0.0556. The number of benzene rings is 1. The van der Waals surface area contributed by atoms with Gasteiger partial charge >= 0.3 is 0 Å². The van der Waals surface area contributed by atoms with Gasteiger partial charge in [0, 0.05) is 21.3 Å². The standard InChI is InChI=1S/C18H12ClN3OS3/c19-13-5-2-1-4-12(13)14-10-26-18(21-14)22-16(23)8-11-9-25-17(20-11)15-6-3-7-24-15/h1-7,9-10H,8H2,(H,21,22,23). The molecule has 130 valence electrons. The number of carbonyl (C=O) groups is 1. The van der Waals surface area contributed by atoms with Gasteiger partial charge in [-0.3, -0.25) is 4.79 Å². The van der Waals surface area contributed by atoms with E-state index >= 15 is 0 Å². The summed E-state index contributed by atoms with van der Waals surface area (Å²) in [4.78, 5) is 22.4. The van der Waals surface area contributed by atoms with Gasteiger partial charge in [0.05, 0.1) is 22.7 Å². The van der Waals surface area contributed by atoms with Gasteiger partial charge in [0.2, 0.25) is 5.91 Å². The van der Waals surface area contributed by atoms with Crippen molar-refractivity contribution in [2.24, 2.45) is 0 Å². The van der Waals surface area contributed by atoms with Gasteiger partial charge in [-0.05, 0) is 17.5 Å². The maximum Gasteiger partial charge on any atom is 0.232 e. The van der Waals surface area contributed by atoms with Crippen LogP contribution in [0, 0.1) is 0 Å². The van der Waals surface area contributed by atoms with Crippen LogP contribution in [0.4, 0.5) is 5.13 Å². The summed E-state index contributed by atoms with van der Waals surface area (Å²) in [5, 5.41) is 10.8. The first-order valence-corrected chi connectivity index (χ1v) is 10.7. The van der Waals surface area contributed by atoms with Gasteiger partial charge in [0.15, 0.2) is 5.13 Å². The molecule has 0 unspecified atom stereocenters. The van der Waals surface area contributed by atoms with Crippen molar-refractivity contribution in [2.75, 3.05) is 5.32 Å². The highest BCUT2D eigenvalue weighted by atomic mass is 35.5. The Hall–Kier alpha value is -2.06. The van der Waals surface area contributed by atoms with E-state index in [0.29, 0.717) is 10.2 Å². The Morgan fingerprint density at radius 2 is 1.92 bits per heavy atom. The molecule has 0 saturated heterocycles. The first-order valence-electron chi connectivity index (χ1n) is 7.67. The lowest BCUT2D eigenvalue weighted by molar-refractivity contribution is -0.115. The Morgan fingerprint density at radius 1 is 1.04 bits per heavy atom. The van der Waals surface area contributed by atoms with E-state index in [1.165, 1.54) is 11.3 Å². The lowest BCUT2D eigenvalue weighted by Crippen LogP contribution is -2.14. The average molecular weight is 418 g/mol. The zero-order valence-corrected chi connectivity index (χ0v) is 16.5. The molecule has 0 fully saturated rings. The van der Waals surface area contributed by atoms with E-state index in [2.05, 4.69) is 15.3 Å². The number of thiazole rings is 2. The molecule has 26 heavy (non-hydrogen) atoms. The fourth-order valence-corrected chi connectivity index (χ4v) is 4.95. The minimum atomic E-state index is -0.131. The van der Waals surface area contributed by atoms with Gasteiger partial charge in [0.25, 0.3) is 0 Å². The minimum absolute atomic E-state index is 0.131. The molecule has 0 aliphatic heterocycles. The van der Waals surface area contributed by atoms with Crippen molar-refractivity contribution in [3.8, 4) is 21.1 Å². The third kappa shape index (κ3) is 3.86. The van der Waals surface area contributed by atoms with Crippen molar-refractivity contribution in [1.29, 1.82) is 0 Å². The molecule has 4 aromatic rings. The molecule has 3 aromatic heterocycles. The summed E-state index contributed by atoms with van der Waals surface area (Å²) in [5.41, 5.74) is 2.37. The molecule has 0 saturated carbocycles. The SMILES string of the molecule is O=C(Cc1csc(-c2cccs2)n1)Nc1nc(-c2ccccc2Cl)cs1. The summed E-state index contributed by atoms with van der Waals surface area (Å²) in [6.45, 7) is 0. The summed E-state index contributed by atoms with van der Waals surface area (Å²) in [6.07, 6.45) is 0.225. The second kappa shape index (κ2) is 7.67. The second-order valence-corrected chi connectivity index (χ2v) is 8.44. The Balaban J connectivity index is 1.42. The molecule has 1 amide bonds. The number of halogens is 1. The molecule has 3 heterocycles. The van der Waals surface area contributed by atoms with Crippen LogP contribution >= 0.6 is 45.6 Å². The van der Waals surface area contributed by atoms with Gasteiger partial charge in [-0.15, -0.1) is 34.0 Å². The topological polar surface area (TPSA) is 54.9 Å². The first-order chi connectivity index (χ1) is 12.7. The molecule has 4 rings (SSSR count). The fourth-order valence-electron chi connectivity index (χ4n) is 2.35. The molecular formula is C18H12ClN3OS3. The number of anilines is 1. The number of aromatic nitrogens is 2. The van der Waals surface area contributed by atoms with Crippen LogP contribution < -0.4 is 5.32 Å². The van der Waals surface area contributed by atoms with Crippen LogP contribution in [-0.2, 0) is 11.2 Å². The van der Waals surface area contributed by atoms with Gasteiger partial charge in [-0.2, -0.15) is 0 Å². The lowest BCUT2D eigenvalue weighted by Gasteiger charge is -2.00. The third-order valence-corrected chi connectivity index (χ3v) is 6.54. The Bertz CT molecular complexity index is 1040. The normalized spacial score (nSPS) is 10.8. The average Bonchev–Trinajstić information content (AvgIpc) is 3.36. The van der Waals surface area contributed by atoms with Crippen molar-refractivity contribution in [3.05, 3.63) is 63.3 Å². The summed E-state index contributed by atoms with van der Waals surface area (Å²) in [5.74, 6) is -0.131. The first kappa shape index (κ1) is 17.4. The maximum absolute atomic E-state index is 12.3. The van der Waals surface area contributed by atoms with Crippen molar-refractivity contribution >= 4 is 56.7 Å². The van der Waals surface area contributed by atoms with Gasteiger partial charge in [0.1, 0.15) is 5.01 Å². The van der Waals surface area contributed by atoms with E-state index in [-0.39, 0.29) is 12.3 Å². The Morgan fingerprint density at radius 3 is 2.73 bits per heavy atom. The van der Waals surface area contributed by atoms with Crippen LogP contribution in [0.25, 0.3) is 21.1 Å². The van der Waals surface area contributed by atoms with Crippen LogP contribution in [0.1, 0.15) is 5.69 Å². The van der Waals surface area contributed by atoms with Crippen molar-refractivity contribution in [1.82, 2.24) is 9.97 Å². The van der Waals surface area contributed by atoms with Crippen molar-refractivity contribution in [2.45, 2.75) is 6.42 Å². The second-order valence-electron chi connectivity index (χ2n) is 5.36. The van der Waals surface area contributed by atoms with Crippen molar-refractivity contribution < 1.29 is 4.79 Å². The van der Waals surface area contributed by atoms with E-state index in [4.69, 9.17) is 11.6 Å². The number of hydrogen-bond acceptors (Lipinski definition) is 6. The molecular weight excluding hydrogens is 406 g/mol. The van der Waals surface area contributed by atoms with Crippen LogP contribution in [-0.4, -0.2) is 15.9 Å². The van der Waals surface area contributed by atoms with Crippen molar-refractivity contribution in [3.63, 3.8) is 0 Å². The van der Waals surface area contributed by atoms with E-state index in [1.54, 1.807) is 22.7 Å². The lowest BCUT2D eigenvalue weighted by atomic mass is 10.2. The Kier molecular flexibility index (Phi) is 5.12. The van der Waals surface area contributed by atoms with Gasteiger partial charge < -0.3 is 5.32 Å². The number of hydrogen-bond donors (Lipinski definition) is 1. The Labute approximate surface area is 167 Å². The third-order valence-electron chi connectivity index (χ3n) is 3.53. The number of amides is 1. The number of rotatable bonds is 5. The molecule has 8 heteroatoms. The molecule has 0 aliphatic rings. The summed E-state index contributed by atoms with van der Waals surface area (Å²) in [7, 11) is 0. The summed E-state index contributed by atoms with van der Waals surface area (Å²) in [6, 6.07) is 11.5. The van der Waals surface area contributed by atoms with E-state index in [9.17, 15) is 4.79 Å². The molecule has 1 N–H and O–H groups in total. The molecule has 4 nitrogen and oxygen atoms in total. The van der Waals surface area contributed by atoms with Crippen LogP contribution in [0.15, 0.2) is 52.5 Å². The number of nitrogens with zero attached hydrogens (tertiary/aromatic N) is 2. The highest BCUT2D eigenvalue weighted by Crippen LogP contribution is 2.31. The van der Waals surface area contributed by atoms with Crippen LogP contribution in [0.2, 0.25) is 5.02 Å². The minimum Gasteiger partial charge on any atom is -0.302 e. The predicted molar refractivity (Wildman–Crippen MR) is 110 cm³/mol. The van der Waals surface area contributed by atoms with E-state index in [1.807, 2.05) is 52.5 Å².